The van der Waals surface area contributed by atoms with Gasteiger partial charge in [-0.25, -0.2) is 9.37 Å². The van der Waals surface area contributed by atoms with Gasteiger partial charge in [-0.1, -0.05) is 30.3 Å². The molecule has 0 aliphatic rings. The molecular formula is C25H21FN4O2. The maximum absolute atomic E-state index is 13.7. The van der Waals surface area contributed by atoms with Crippen LogP contribution < -0.4 is 10.6 Å². The number of nitrogens with zero attached hydrogens (tertiary/aromatic N) is 2. The second kappa shape index (κ2) is 9.34. The molecule has 0 fully saturated rings. The number of fused-ring (bicyclic) bond motifs is 1. The fourth-order valence-electron chi connectivity index (χ4n) is 3.29. The number of carbonyl (C=O) groups excluding carboxylic acids is 2. The Morgan fingerprint density at radius 1 is 0.875 bits per heavy atom. The van der Waals surface area contributed by atoms with Crippen molar-refractivity contribution in [2.75, 3.05) is 13.1 Å². The highest BCUT2D eigenvalue weighted by Gasteiger charge is 2.14. The van der Waals surface area contributed by atoms with E-state index in [-0.39, 0.29) is 24.6 Å². The molecule has 4 aromatic rings. The molecule has 0 radical (unpaired) electrons. The number of pyridine rings is 2. The molecular weight excluding hydrogens is 407 g/mol. The number of para-hydroxylation sites is 1. The lowest BCUT2D eigenvalue weighted by molar-refractivity contribution is 0.0928. The number of benzene rings is 2. The predicted molar refractivity (Wildman–Crippen MR) is 121 cm³/mol. The van der Waals surface area contributed by atoms with Crippen LogP contribution in [0.5, 0.6) is 0 Å². The van der Waals surface area contributed by atoms with Gasteiger partial charge in [-0.3, -0.25) is 14.6 Å². The Bertz CT molecular complexity index is 1290. The van der Waals surface area contributed by atoms with E-state index < -0.39 is 11.7 Å². The van der Waals surface area contributed by atoms with Crippen LogP contribution in [-0.2, 0) is 0 Å². The molecule has 0 unspecified atom stereocenters. The van der Waals surface area contributed by atoms with Crippen molar-refractivity contribution in [3.8, 4) is 11.4 Å². The molecule has 0 aliphatic carbocycles. The molecule has 0 saturated heterocycles. The smallest absolute Gasteiger partial charge is 0.252 e. The van der Waals surface area contributed by atoms with Crippen LogP contribution in [0.1, 0.15) is 26.3 Å². The van der Waals surface area contributed by atoms with Crippen LogP contribution in [0.15, 0.2) is 72.9 Å². The summed E-state index contributed by atoms with van der Waals surface area (Å²) in [5.41, 5.74) is 3.15. The summed E-state index contributed by atoms with van der Waals surface area (Å²) in [7, 11) is 0. The van der Waals surface area contributed by atoms with Crippen LogP contribution in [0.4, 0.5) is 4.39 Å². The standard InChI is InChI=1S/C25H21FN4O2/c1-16-9-10-17(14-20(16)26)24(31)28-12-13-29-25(32)19-15-23(22-8-4-5-11-27-22)30-21-7-3-2-6-18(19)21/h2-11,14-15H,12-13H2,1H3,(H,28,31)(H,29,32). The van der Waals surface area contributed by atoms with Crippen molar-refractivity contribution < 1.29 is 14.0 Å². The van der Waals surface area contributed by atoms with Crippen molar-refractivity contribution >= 4 is 22.7 Å². The number of carbonyl (C=O) groups is 2. The van der Waals surface area contributed by atoms with E-state index in [1.54, 1.807) is 31.3 Å². The second-order valence-electron chi connectivity index (χ2n) is 7.26. The van der Waals surface area contributed by atoms with Gasteiger partial charge in [-0.15, -0.1) is 0 Å². The van der Waals surface area contributed by atoms with Crippen LogP contribution in [0.2, 0.25) is 0 Å². The largest absolute Gasteiger partial charge is 0.350 e. The van der Waals surface area contributed by atoms with Gasteiger partial charge in [-0.05, 0) is 48.9 Å². The lowest BCUT2D eigenvalue weighted by atomic mass is 10.1. The first-order valence-corrected chi connectivity index (χ1v) is 10.2. The quantitative estimate of drug-likeness (QED) is 0.456. The maximum Gasteiger partial charge on any atom is 0.252 e. The van der Waals surface area contributed by atoms with Gasteiger partial charge in [-0.2, -0.15) is 0 Å². The number of hydrogen-bond donors (Lipinski definition) is 2. The first-order chi connectivity index (χ1) is 15.5. The third-order valence-electron chi connectivity index (χ3n) is 5.02. The summed E-state index contributed by atoms with van der Waals surface area (Å²) in [6.45, 7) is 2.05. The van der Waals surface area contributed by atoms with E-state index in [1.807, 2.05) is 42.5 Å². The van der Waals surface area contributed by atoms with E-state index in [1.165, 1.54) is 6.07 Å². The van der Waals surface area contributed by atoms with Crippen molar-refractivity contribution in [1.82, 2.24) is 20.6 Å². The minimum Gasteiger partial charge on any atom is -0.350 e. The summed E-state index contributed by atoms with van der Waals surface area (Å²) in [6, 6.07) is 19.0. The molecule has 32 heavy (non-hydrogen) atoms. The SMILES string of the molecule is Cc1ccc(C(=O)NCCNC(=O)c2cc(-c3ccccn3)nc3ccccc23)cc1F. The Morgan fingerprint density at radius 3 is 2.38 bits per heavy atom. The summed E-state index contributed by atoms with van der Waals surface area (Å²) < 4.78 is 13.7. The van der Waals surface area contributed by atoms with E-state index in [4.69, 9.17) is 0 Å². The molecule has 2 N–H and O–H groups in total. The second-order valence-corrected chi connectivity index (χ2v) is 7.26. The van der Waals surface area contributed by atoms with Crippen molar-refractivity contribution in [2.24, 2.45) is 0 Å². The van der Waals surface area contributed by atoms with Gasteiger partial charge >= 0.3 is 0 Å². The van der Waals surface area contributed by atoms with Crippen molar-refractivity contribution in [3.05, 3.63) is 95.4 Å². The lowest BCUT2D eigenvalue weighted by Gasteiger charge is -2.11. The third kappa shape index (κ3) is 4.62. The number of nitrogens with one attached hydrogen (secondary N) is 2. The van der Waals surface area contributed by atoms with Crippen molar-refractivity contribution in [3.63, 3.8) is 0 Å². The highest BCUT2D eigenvalue weighted by Crippen LogP contribution is 2.23. The summed E-state index contributed by atoms with van der Waals surface area (Å²) >= 11 is 0. The van der Waals surface area contributed by atoms with E-state index in [0.29, 0.717) is 28.0 Å². The van der Waals surface area contributed by atoms with Gasteiger partial charge in [0.25, 0.3) is 11.8 Å². The van der Waals surface area contributed by atoms with Gasteiger partial charge < -0.3 is 10.6 Å². The minimum atomic E-state index is -0.431. The number of amides is 2. The van der Waals surface area contributed by atoms with Crippen LogP contribution in [0.25, 0.3) is 22.3 Å². The number of aromatic nitrogens is 2. The van der Waals surface area contributed by atoms with E-state index in [9.17, 15) is 14.0 Å². The number of halogens is 1. The van der Waals surface area contributed by atoms with Gasteiger partial charge in [0.15, 0.2) is 0 Å². The first kappa shape index (κ1) is 21.1. The van der Waals surface area contributed by atoms with E-state index in [0.717, 1.165) is 5.39 Å². The Balaban J connectivity index is 1.45. The number of aryl methyl sites for hydroxylation is 1. The molecule has 0 saturated carbocycles. The summed E-state index contributed by atoms with van der Waals surface area (Å²) in [5, 5.41) is 6.23. The Kier molecular flexibility index (Phi) is 6.17. The van der Waals surface area contributed by atoms with Gasteiger partial charge in [0.2, 0.25) is 0 Å². The summed E-state index contributed by atoms with van der Waals surface area (Å²) in [4.78, 5) is 34.1. The Hall–Kier alpha value is -4.13. The zero-order chi connectivity index (χ0) is 22.5. The zero-order valence-electron chi connectivity index (χ0n) is 17.4. The molecule has 4 rings (SSSR count). The van der Waals surface area contributed by atoms with Gasteiger partial charge in [0, 0.05) is 30.2 Å². The molecule has 160 valence electrons. The van der Waals surface area contributed by atoms with Crippen LogP contribution in [-0.4, -0.2) is 34.9 Å². The Labute approximate surface area is 184 Å². The zero-order valence-corrected chi connectivity index (χ0v) is 17.4. The van der Waals surface area contributed by atoms with E-state index in [2.05, 4.69) is 20.6 Å². The summed E-state index contributed by atoms with van der Waals surface area (Å²) in [5.74, 6) is -1.11. The lowest BCUT2D eigenvalue weighted by Crippen LogP contribution is -2.34. The van der Waals surface area contributed by atoms with E-state index >= 15 is 0 Å². The fraction of sp³-hybridized carbons (Fsp3) is 0.120. The molecule has 0 atom stereocenters. The molecule has 2 aromatic carbocycles. The minimum absolute atomic E-state index is 0.205. The van der Waals surface area contributed by atoms with Gasteiger partial charge in [0.05, 0.1) is 22.5 Å². The molecule has 2 aromatic heterocycles. The van der Waals surface area contributed by atoms with Crippen LogP contribution >= 0.6 is 0 Å². The number of rotatable bonds is 6. The summed E-state index contributed by atoms with van der Waals surface area (Å²) in [6.07, 6.45) is 1.68. The predicted octanol–water partition coefficient (Wildman–Crippen LogP) is 3.90. The molecule has 7 heteroatoms. The normalized spacial score (nSPS) is 10.7. The Morgan fingerprint density at radius 2 is 1.62 bits per heavy atom. The fourth-order valence-corrected chi connectivity index (χ4v) is 3.29. The number of hydrogen-bond acceptors (Lipinski definition) is 4. The first-order valence-electron chi connectivity index (χ1n) is 10.2. The average Bonchev–Trinajstić information content (AvgIpc) is 2.83. The van der Waals surface area contributed by atoms with Crippen LogP contribution in [0.3, 0.4) is 0 Å². The highest BCUT2D eigenvalue weighted by molar-refractivity contribution is 6.07. The molecule has 0 aliphatic heterocycles. The topological polar surface area (TPSA) is 84.0 Å². The molecule has 2 amide bonds. The maximum atomic E-state index is 13.7. The monoisotopic (exact) mass is 428 g/mol. The molecule has 2 heterocycles. The molecule has 6 nitrogen and oxygen atoms in total. The van der Waals surface area contributed by atoms with Gasteiger partial charge in [0.1, 0.15) is 5.82 Å². The average molecular weight is 428 g/mol. The van der Waals surface area contributed by atoms with Crippen molar-refractivity contribution in [2.45, 2.75) is 6.92 Å². The molecule has 0 spiro atoms. The van der Waals surface area contributed by atoms with Crippen LogP contribution in [0, 0.1) is 12.7 Å². The molecule has 0 bridgehead atoms. The third-order valence-corrected chi connectivity index (χ3v) is 5.02. The van der Waals surface area contributed by atoms with Crippen molar-refractivity contribution in [1.29, 1.82) is 0 Å². The highest BCUT2D eigenvalue weighted by atomic mass is 19.1.